The molecule has 2 aromatic rings. The minimum atomic E-state index is -0.817. The first-order chi connectivity index (χ1) is 9.11. The summed E-state index contributed by atoms with van der Waals surface area (Å²) in [4.78, 5) is 4.25. The van der Waals surface area contributed by atoms with Gasteiger partial charge in [-0.1, -0.05) is 12.1 Å². The summed E-state index contributed by atoms with van der Waals surface area (Å²) >= 11 is 0. The number of pyridine rings is 1. The average Bonchev–Trinajstić information content (AvgIpc) is 2.41. The fourth-order valence-corrected chi connectivity index (χ4v) is 2.13. The molecule has 0 fully saturated rings. The largest absolute Gasteiger partial charge is 0.313 e. The Bertz CT molecular complexity index is 570. The van der Waals surface area contributed by atoms with E-state index in [1.165, 1.54) is 6.07 Å². The number of nitrogens with zero attached hydrogens (tertiary/aromatic N) is 1. The Kier molecular flexibility index (Phi) is 4.22. The van der Waals surface area contributed by atoms with E-state index in [2.05, 4.69) is 10.3 Å². The van der Waals surface area contributed by atoms with Gasteiger partial charge in [-0.25, -0.2) is 8.78 Å². The van der Waals surface area contributed by atoms with Gasteiger partial charge in [-0.05, 0) is 49.7 Å². The predicted octanol–water partition coefficient (Wildman–Crippen LogP) is 3.17. The van der Waals surface area contributed by atoms with Crippen molar-refractivity contribution in [3.05, 3.63) is 65.0 Å². The molecule has 2 rings (SSSR count). The van der Waals surface area contributed by atoms with E-state index in [1.54, 1.807) is 12.3 Å². The van der Waals surface area contributed by atoms with E-state index < -0.39 is 11.6 Å². The summed E-state index contributed by atoms with van der Waals surface area (Å²) < 4.78 is 26.1. The third-order valence-electron chi connectivity index (χ3n) is 3.20. The highest BCUT2D eigenvalue weighted by Gasteiger charge is 2.14. The third kappa shape index (κ3) is 3.15. The van der Waals surface area contributed by atoms with Crippen molar-refractivity contribution in [3.63, 3.8) is 0 Å². The van der Waals surface area contributed by atoms with Gasteiger partial charge in [-0.2, -0.15) is 0 Å². The Morgan fingerprint density at radius 1 is 1.21 bits per heavy atom. The van der Waals surface area contributed by atoms with Gasteiger partial charge in [0.2, 0.25) is 0 Å². The lowest BCUT2D eigenvalue weighted by atomic mass is 9.98. The molecule has 0 aliphatic carbocycles. The molecule has 1 atom stereocenters. The first-order valence-electron chi connectivity index (χ1n) is 6.14. The van der Waals surface area contributed by atoms with E-state index in [-0.39, 0.29) is 6.04 Å². The Labute approximate surface area is 111 Å². The highest BCUT2D eigenvalue weighted by molar-refractivity contribution is 5.26. The van der Waals surface area contributed by atoms with Crippen molar-refractivity contribution in [1.29, 1.82) is 0 Å². The van der Waals surface area contributed by atoms with Crippen LogP contribution >= 0.6 is 0 Å². The molecule has 0 amide bonds. The molecule has 0 saturated carbocycles. The third-order valence-corrected chi connectivity index (χ3v) is 3.20. The van der Waals surface area contributed by atoms with Crippen LogP contribution in [0.3, 0.4) is 0 Å². The molecule has 1 aromatic heterocycles. The molecule has 0 saturated heterocycles. The molecule has 1 aromatic carbocycles. The fraction of sp³-hybridized carbons (Fsp3) is 0.267. The highest BCUT2D eigenvalue weighted by Crippen LogP contribution is 2.21. The lowest BCUT2D eigenvalue weighted by Crippen LogP contribution is -2.20. The number of hydrogen-bond donors (Lipinski definition) is 1. The SMILES string of the molecule is CNC(Cc1ccc(F)c(F)c1)c1cccnc1C. The molecule has 0 bridgehead atoms. The van der Waals surface area contributed by atoms with E-state index in [0.29, 0.717) is 6.42 Å². The van der Waals surface area contributed by atoms with E-state index in [0.717, 1.165) is 22.9 Å². The van der Waals surface area contributed by atoms with Crippen LogP contribution in [0.15, 0.2) is 36.5 Å². The number of halogens is 2. The molecule has 19 heavy (non-hydrogen) atoms. The number of nitrogens with one attached hydrogen (secondary N) is 1. The van der Waals surface area contributed by atoms with Gasteiger partial charge in [0, 0.05) is 17.9 Å². The van der Waals surface area contributed by atoms with Crippen LogP contribution in [0.1, 0.15) is 22.9 Å². The molecule has 0 spiro atoms. The molecule has 0 aliphatic rings. The molecule has 2 nitrogen and oxygen atoms in total. The van der Waals surface area contributed by atoms with Gasteiger partial charge < -0.3 is 5.32 Å². The Hall–Kier alpha value is -1.81. The van der Waals surface area contributed by atoms with Gasteiger partial charge >= 0.3 is 0 Å². The predicted molar refractivity (Wildman–Crippen MR) is 70.8 cm³/mol. The zero-order valence-electron chi connectivity index (χ0n) is 11.0. The van der Waals surface area contributed by atoms with Crippen molar-refractivity contribution in [2.24, 2.45) is 0 Å². The maximum atomic E-state index is 13.2. The van der Waals surface area contributed by atoms with E-state index in [4.69, 9.17) is 0 Å². The minimum Gasteiger partial charge on any atom is -0.313 e. The Morgan fingerprint density at radius 3 is 2.63 bits per heavy atom. The van der Waals surface area contributed by atoms with Crippen molar-refractivity contribution in [1.82, 2.24) is 10.3 Å². The van der Waals surface area contributed by atoms with Crippen LogP contribution in [0, 0.1) is 18.6 Å². The van der Waals surface area contributed by atoms with Crippen molar-refractivity contribution in [2.75, 3.05) is 7.05 Å². The van der Waals surface area contributed by atoms with Gasteiger partial charge in [-0.3, -0.25) is 4.98 Å². The second-order valence-electron chi connectivity index (χ2n) is 4.47. The van der Waals surface area contributed by atoms with Crippen LogP contribution in [-0.2, 0) is 6.42 Å². The van der Waals surface area contributed by atoms with Crippen LogP contribution in [0.25, 0.3) is 0 Å². The molecule has 0 radical (unpaired) electrons. The first-order valence-corrected chi connectivity index (χ1v) is 6.14. The molecular formula is C15H16F2N2. The number of aryl methyl sites for hydroxylation is 1. The summed E-state index contributed by atoms with van der Waals surface area (Å²) in [5.74, 6) is -1.63. The van der Waals surface area contributed by atoms with Crippen molar-refractivity contribution < 1.29 is 8.78 Å². The summed E-state index contributed by atoms with van der Waals surface area (Å²) in [5, 5.41) is 3.19. The van der Waals surface area contributed by atoms with E-state index in [9.17, 15) is 8.78 Å². The standard InChI is InChI=1S/C15H16F2N2/c1-10-12(4-3-7-19-10)15(18-2)9-11-5-6-13(16)14(17)8-11/h3-8,15,18H,9H2,1-2H3. The van der Waals surface area contributed by atoms with Crippen LogP contribution in [0.2, 0.25) is 0 Å². The summed E-state index contributed by atoms with van der Waals surface area (Å²) in [6, 6.07) is 7.90. The molecule has 1 unspecified atom stereocenters. The summed E-state index contributed by atoms with van der Waals surface area (Å²) in [7, 11) is 1.84. The van der Waals surface area contributed by atoms with Crippen molar-refractivity contribution >= 4 is 0 Å². The van der Waals surface area contributed by atoms with Gasteiger partial charge in [0.05, 0.1) is 0 Å². The maximum Gasteiger partial charge on any atom is 0.159 e. The summed E-state index contributed by atoms with van der Waals surface area (Å²) in [6.07, 6.45) is 2.32. The van der Waals surface area contributed by atoms with Crippen LogP contribution in [0.4, 0.5) is 8.78 Å². The highest BCUT2D eigenvalue weighted by atomic mass is 19.2. The number of aromatic nitrogens is 1. The van der Waals surface area contributed by atoms with Crippen molar-refractivity contribution in [3.8, 4) is 0 Å². The first kappa shape index (κ1) is 13.6. The topological polar surface area (TPSA) is 24.9 Å². The molecule has 1 heterocycles. The zero-order chi connectivity index (χ0) is 13.8. The van der Waals surface area contributed by atoms with Crippen LogP contribution < -0.4 is 5.32 Å². The molecule has 100 valence electrons. The summed E-state index contributed by atoms with van der Waals surface area (Å²) in [5.41, 5.74) is 2.75. The lowest BCUT2D eigenvalue weighted by molar-refractivity contribution is 0.504. The second kappa shape index (κ2) is 5.89. The minimum absolute atomic E-state index is 0.0264. The monoisotopic (exact) mass is 262 g/mol. The van der Waals surface area contributed by atoms with Crippen LogP contribution in [-0.4, -0.2) is 12.0 Å². The van der Waals surface area contributed by atoms with Gasteiger partial charge in [0.25, 0.3) is 0 Å². The van der Waals surface area contributed by atoms with Crippen molar-refractivity contribution in [2.45, 2.75) is 19.4 Å². The van der Waals surface area contributed by atoms with Gasteiger partial charge in [0.1, 0.15) is 0 Å². The van der Waals surface area contributed by atoms with Crippen LogP contribution in [0.5, 0.6) is 0 Å². The van der Waals surface area contributed by atoms with E-state index >= 15 is 0 Å². The quantitative estimate of drug-likeness (QED) is 0.915. The average molecular weight is 262 g/mol. The summed E-state index contributed by atoms with van der Waals surface area (Å²) in [6.45, 7) is 1.94. The zero-order valence-corrected chi connectivity index (χ0v) is 11.0. The number of benzene rings is 1. The second-order valence-corrected chi connectivity index (χ2v) is 4.47. The molecular weight excluding hydrogens is 246 g/mol. The lowest BCUT2D eigenvalue weighted by Gasteiger charge is -2.18. The number of hydrogen-bond acceptors (Lipinski definition) is 2. The number of rotatable bonds is 4. The van der Waals surface area contributed by atoms with E-state index in [1.807, 2.05) is 26.1 Å². The maximum absolute atomic E-state index is 13.2. The Balaban J connectivity index is 2.24. The van der Waals surface area contributed by atoms with Gasteiger partial charge in [0.15, 0.2) is 11.6 Å². The molecule has 4 heteroatoms. The molecule has 1 N–H and O–H groups in total. The smallest absolute Gasteiger partial charge is 0.159 e. The molecule has 0 aliphatic heterocycles. The fourth-order valence-electron chi connectivity index (χ4n) is 2.13. The Morgan fingerprint density at radius 2 is 2.00 bits per heavy atom. The number of likely N-dealkylation sites (N-methyl/N-ethyl adjacent to an activating group) is 1. The van der Waals surface area contributed by atoms with Gasteiger partial charge in [-0.15, -0.1) is 0 Å². The normalized spacial score (nSPS) is 12.4.